The van der Waals surface area contributed by atoms with Crippen molar-refractivity contribution in [3.05, 3.63) is 261 Å². The first-order valence-corrected chi connectivity index (χ1v) is 19.3. The van der Waals surface area contributed by atoms with Gasteiger partial charge < -0.3 is 0 Å². The van der Waals surface area contributed by atoms with Crippen molar-refractivity contribution in [3.8, 4) is 0 Å². The Morgan fingerprint density at radius 3 is 1.02 bits per heavy atom. The van der Waals surface area contributed by atoms with Crippen molar-refractivity contribution in [3.63, 3.8) is 0 Å². The fourth-order valence-electron chi connectivity index (χ4n) is 7.43. The zero-order chi connectivity index (χ0) is 38.1. The number of hydrogen-bond donors (Lipinski definition) is 0. The minimum atomic E-state index is 1.18. The van der Waals surface area contributed by atoms with Crippen molar-refractivity contribution in [2.24, 2.45) is 0 Å². The monoisotopic (exact) mass is 716 g/mol. The molecule has 0 heteroatoms. The van der Waals surface area contributed by atoms with Gasteiger partial charge in [-0.3, -0.25) is 0 Å². The van der Waals surface area contributed by atoms with Crippen molar-refractivity contribution in [2.45, 2.75) is 13.8 Å². The smallest absolute Gasteiger partial charge is 0.00389 e. The Morgan fingerprint density at radius 2 is 0.679 bits per heavy atom. The fourth-order valence-corrected chi connectivity index (χ4v) is 7.43. The molecule has 8 aromatic carbocycles. The summed E-state index contributed by atoms with van der Waals surface area (Å²) in [7, 11) is 0. The van der Waals surface area contributed by atoms with Crippen LogP contribution >= 0.6 is 0 Å². The second-order valence-electron chi connectivity index (χ2n) is 14.3. The first kappa shape index (κ1) is 36.0. The van der Waals surface area contributed by atoms with Gasteiger partial charge in [0.15, 0.2) is 0 Å². The van der Waals surface area contributed by atoms with E-state index < -0.39 is 0 Å². The second-order valence-corrected chi connectivity index (χ2v) is 14.3. The summed E-state index contributed by atoms with van der Waals surface area (Å²) in [5.74, 6) is 0. The number of fused-ring (bicyclic) bond motifs is 1. The van der Waals surface area contributed by atoms with Gasteiger partial charge in [0, 0.05) is 0 Å². The standard InChI is InChI=1S/C56H44/c1-41-37-43(31-35-52(41)39-54(45-17-7-3-8-18-45)46-19-9-4-10-20-46)29-33-50-27-15-25-49-26-16-28-51(56(49)50)34-30-44-32-36-53(42(2)38-44)40-55(47-21-11-5-12-22-47)48-23-13-6-14-24-48/h3-40H,1-2H3/b33-29-,34-30-. The molecule has 56 heavy (non-hydrogen) atoms. The van der Waals surface area contributed by atoms with Gasteiger partial charge in [-0.15, -0.1) is 0 Å². The van der Waals surface area contributed by atoms with Crippen LogP contribution in [0.4, 0.5) is 0 Å². The molecule has 0 N–H and O–H groups in total. The summed E-state index contributed by atoms with van der Waals surface area (Å²) in [5.41, 5.74) is 17.0. The van der Waals surface area contributed by atoms with Crippen LogP contribution in [0.15, 0.2) is 194 Å². The van der Waals surface area contributed by atoms with Gasteiger partial charge in [-0.2, -0.15) is 0 Å². The fraction of sp³-hybridized carbons (Fsp3) is 0.0357. The highest BCUT2D eigenvalue weighted by atomic mass is 14.1. The van der Waals surface area contributed by atoms with Gasteiger partial charge in [-0.25, -0.2) is 0 Å². The lowest BCUT2D eigenvalue weighted by Crippen LogP contribution is -1.90. The predicted molar refractivity (Wildman–Crippen MR) is 244 cm³/mol. The average Bonchev–Trinajstić information content (AvgIpc) is 3.25. The molecule has 0 radical (unpaired) electrons. The Labute approximate surface area is 331 Å². The Bertz CT molecular complexity index is 2440. The van der Waals surface area contributed by atoms with E-state index in [1.54, 1.807) is 0 Å². The Kier molecular flexibility index (Phi) is 10.9. The molecule has 0 spiro atoms. The number of benzene rings is 8. The molecule has 0 aliphatic heterocycles. The van der Waals surface area contributed by atoms with Crippen LogP contribution in [0.5, 0.6) is 0 Å². The molecule has 0 atom stereocenters. The summed E-state index contributed by atoms with van der Waals surface area (Å²) >= 11 is 0. The average molecular weight is 717 g/mol. The minimum Gasteiger partial charge on any atom is -0.0622 e. The number of hydrogen-bond acceptors (Lipinski definition) is 0. The quantitative estimate of drug-likeness (QED) is 0.124. The van der Waals surface area contributed by atoms with Gasteiger partial charge in [0.05, 0.1) is 0 Å². The van der Waals surface area contributed by atoms with E-state index in [2.05, 4.69) is 244 Å². The van der Waals surface area contributed by atoms with E-state index in [1.165, 1.54) is 88.7 Å². The van der Waals surface area contributed by atoms with Crippen LogP contribution in [0.1, 0.15) is 66.8 Å². The lowest BCUT2D eigenvalue weighted by atomic mass is 9.93. The molecule has 0 saturated heterocycles. The molecule has 8 rings (SSSR count). The molecular formula is C56H44. The second kappa shape index (κ2) is 17.0. The number of aryl methyl sites for hydroxylation is 2. The molecule has 0 unspecified atom stereocenters. The van der Waals surface area contributed by atoms with Gasteiger partial charge >= 0.3 is 0 Å². The molecule has 8 aromatic rings. The molecule has 0 fully saturated rings. The van der Waals surface area contributed by atoms with Crippen LogP contribution in [0.25, 0.3) is 58.4 Å². The van der Waals surface area contributed by atoms with Crippen molar-refractivity contribution < 1.29 is 0 Å². The van der Waals surface area contributed by atoms with Gasteiger partial charge in [-0.05, 0) is 115 Å². The topological polar surface area (TPSA) is 0 Å². The Hall–Kier alpha value is -7.02. The third kappa shape index (κ3) is 8.36. The van der Waals surface area contributed by atoms with Gasteiger partial charge in [0.1, 0.15) is 0 Å². The van der Waals surface area contributed by atoms with E-state index in [0.29, 0.717) is 0 Å². The summed E-state index contributed by atoms with van der Waals surface area (Å²) in [6.07, 6.45) is 13.6. The molecule has 0 nitrogen and oxygen atoms in total. The molecule has 0 bridgehead atoms. The molecular weight excluding hydrogens is 673 g/mol. The highest BCUT2D eigenvalue weighted by molar-refractivity contribution is 6.00. The maximum atomic E-state index is 2.31. The van der Waals surface area contributed by atoms with E-state index in [9.17, 15) is 0 Å². The zero-order valence-corrected chi connectivity index (χ0v) is 31.9. The Morgan fingerprint density at radius 1 is 0.321 bits per heavy atom. The first-order valence-electron chi connectivity index (χ1n) is 19.3. The van der Waals surface area contributed by atoms with Gasteiger partial charge in [0.25, 0.3) is 0 Å². The molecule has 0 heterocycles. The minimum absolute atomic E-state index is 1.18. The normalized spacial score (nSPS) is 11.2. The van der Waals surface area contributed by atoms with Crippen LogP contribution in [0, 0.1) is 13.8 Å². The van der Waals surface area contributed by atoms with Crippen LogP contribution in [0.3, 0.4) is 0 Å². The van der Waals surface area contributed by atoms with Crippen LogP contribution < -0.4 is 0 Å². The van der Waals surface area contributed by atoms with Crippen molar-refractivity contribution in [1.29, 1.82) is 0 Å². The summed E-state index contributed by atoms with van der Waals surface area (Å²) < 4.78 is 0. The van der Waals surface area contributed by atoms with Gasteiger partial charge in [0.2, 0.25) is 0 Å². The summed E-state index contributed by atoms with van der Waals surface area (Å²) in [6.45, 7) is 4.40. The molecule has 0 aliphatic carbocycles. The van der Waals surface area contributed by atoms with Crippen molar-refractivity contribution in [2.75, 3.05) is 0 Å². The lowest BCUT2D eigenvalue weighted by molar-refractivity contribution is 1.43. The predicted octanol–water partition coefficient (Wildman–Crippen LogP) is 15.0. The summed E-state index contributed by atoms with van der Waals surface area (Å²) in [5, 5.41) is 2.48. The van der Waals surface area contributed by atoms with Crippen molar-refractivity contribution in [1.82, 2.24) is 0 Å². The zero-order valence-electron chi connectivity index (χ0n) is 31.9. The number of rotatable bonds is 10. The maximum Gasteiger partial charge on any atom is -0.00389 e. The van der Waals surface area contributed by atoms with E-state index in [1.807, 2.05) is 0 Å². The molecule has 0 aliphatic rings. The van der Waals surface area contributed by atoms with E-state index in [-0.39, 0.29) is 0 Å². The third-order valence-electron chi connectivity index (χ3n) is 10.4. The summed E-state index contributed by atoms with van der Waals surface area (Å²) in [6, 6.07) is 69.2. The maximum absolute atomic E-state index is 2.31. The highest BCUT2D eigenvalue weighted by Crippen LogP contribution is 2.31. The van der Waals surface area contributed by atoms with E-state index in [0.717, 1.165) is 0 Å². The molecule has 268 valence electrons. The first-order chi connectivity index (χ1) is 27.6. The molecule has 0 amide bonds. The van der Waals surface area contributed by atoms with E-state index >= 15 is 0 Å². The molecule has 0 aromatic heterocycles. The van der Waals surface area contributed by atoms with Crippen molar-refractivity contribution >= 4 is 58.4 Å². The van der Waals surface area contributed by atoms with E-state index in [4.69, 9.17) is 0 Å². The lowest BCUT2D eigenvalue weighted by Gasteiger charge is -2.11. The molecule has 0 saturated carbocycles. The van der Waals surface area contributed by atoms with Crippen LogP contribution in [0.2, 0.25) is 0 Å². The third-order valence-corrected chi connectivity index (χ3v) is 10.4. The highest BCUT2D eigenvalue weighted by Gasteiger charge is 2.09. The van der Waals surface area contributed by atoms with Crippen LogP contribution in [-0.4, -0.2) is 0 Å². The Balaban J connectivity index is 1.06. The summed E-state index contributed by atoms with van der Waals surface area (Å²) in [4.78, 5) is 0. The SMILES string of the molecule is Cc1cc(/C=C\c2cccc3cccc(/C=C\c4ccc(C=C(c5ccccc5)c5ccccc5)c(C)c4)c23)ccc1C=C(c1ccccc1)c1ccccc1. The van der Waals surface area contributed by atoms with Gasteiger partial charge in [-0.1, -0.05) is 218 Å². The van der Waals surface area contributed by atoms with Crippen LogP contribution in [-0.2, 0) is 0 Å². The largest absolute Gasteiger partial charge is 0.0622 e.